The van der Waals surface area contributed by atoms with Crippen LogP contribution in [0.3, 0.4) is 0 Å². The SMILES string of the molecule is O=C(NCC1CCCO1)c1cc(-n2nnnc2-c2ccccc2F)c[nH]1. The second kappa shape index (κ2) is 7.04. The van der Waals surface area contributed by atoms with E-state index >= 15 is 0 Å². The van der Waals surface area contributed by atoms with Crippen LogP contribution >= 0.6 is 0 Å². The number of ether oxygens (including phenoxy) is 1. The highest BCUT2D eigenvalue weighted by atomic mass is 19.1. The summed E-state index contributed by atoms with van der Waals surface area (Å²) in [5.41, 5.74) is 1.19. The molecule has 8 nitrogen and oxygen atoms in total. The van der Waals surface area contributed by atoms with Crippen molar-refractivity contribution < 1.29 is 13.9 Å². The van der Waals surface area contributed by atoms with E-state index < -0.39 is 5.82 Å². The van der Waals surface area contributed by atoms with Crippen molar-refractivity contribution in [3.05, 3.63) is 48.0 Å². The number of nitrogens with zero attached hydrogens (tertiary/aromatic N) is 4. The fourth-order valence-electron chi connectivity index (χ4n) is 2.91. The number of tetrazole rings is 1. The third-order valence-corrected chi connectivity index (χ3v) is 4.26. The minimum atomic E-state index is -0.423. The Hall–Kier alpha value is -3.07. The fraction of sp³-hybridized carbons (Fsp3) is 0.294. The van der Waals surface area contributed by atoms with Crippen molar-refractivity contribution in [3.8, 4) is 17.1 Å². The first-order chi connectivity index (χ1) is 12.7. The molecule has 0 saturated carbocycles. The Bertz CT molecular complexity index is 915. The topological polar surface area (TPSA) is 97.7 Å². The van der Waals surface area contributed by atoms with Gasteiger partial charge in [-0.05, 0) is 41.5 Å². The zero-order valence-corrected chi connectivity index (χ0v) is 13.9. The number of aromatic nitrogens is 5. The standard InChI is InChI=1S/C17H17FN6O2/c18-14-6-2-1-5-13(14)16-21-22-23-24(16)11-8-15(19-9-11)17(25)20-10-12-4-3-7-26-12/h1-2,5-6,8-9,12,19H,3-4,7,10H2,(H,20,25). The Morgan fingerprint density at radius 1 is 1.42 bits per heavy atom. The number of hydrogen-bond acceptors (Lipinski definition) is 5. The number of carbonyl (C=O) groups is 1. The summed E-state index contributed by atoms with van der Waals surface area (Å²) in [6.45, 7) is 1.21. The summed E-state index contributed by atoms with van der Waals surface area (Å²) in [6.07, 6.45) is 3.64. The molecule has 1 atom stereocenters. The van der Waals surface area contributed by atoms with Crippen molar-refractivity contribution in [1.29, 1.82) is 0 Å². The molecule has 2 aromatic heterocycles. The maximum atomic E-state index is 14.0. The molecule has 1 aliphatic heterocycles. The molecule has 26 heavy (non-hydrogen) atoms. The second-order valence-electron chi connectivity index (χ2n) is 6.01. The van der Waals surface area contributed by atoms with Crippen molar-refractivity contribution in [2.45, 2.75) is 18.9 Å². The Morgan fingerprint density at radius 3 is 3.12 bits per heavy atom. The number of carbonyl (C=O) groups excluding carboxylic acids is 1. The van der Waals surface area contributed by atoms with Gasteiger partial charge in [-0.25, -0.2) is 4.39 Å². The van der Waals surface area contributed by atoms with Crippen LogP contribution in [0.5, 0.6) is 0 Å². The van der Waals surface area contributed by atoms with Gasteiger partial charge in [-0.15, -0.1) is 5.10 Å². The number of benzene rings is 1. The Labute approximate surface area is 148 Å². The van der Waals surface area contributed by atoms with Gasteiger partial charge in [0.25, 0.3) is 5.91 Å². The van der Waals surface area contributed by atoms with Gasteiger partial charge >= 0.3 is 0 Å². The van der Waals surface area contributed by atoms with Crippen LogP contribution in [0.4, 0.5) is 4.39 Å². The van der Waals surface area contributed by atoms with Crippen LogP contribution in [0.1, 0.15) is 23.3 Å². The second-order valence-corrected chi connectivity index (χ2v) is 6.01. The summed E-state index contributed by atoms with van der Waals surface area (Å²) in [5.74, 6) is -0.408. The highest BCUT2D eigenvalue weighted by Gasteiger charge is 2.19. The average molecular weight is 356 g/mol. The van der Waals surface area contributed by atoms with Crippen LogP contribution in [-0.2, 0) is 4.74 Å². The van der Waals surface area contributed by atoms with Crippen molar-refractivity contribution in [3.63, 3.8) is 0 Å². The van der Waals surface area contributed by atoms with Gasteiger partial charge in [-0.2, -0.15) is 4.68 Å². The van der Waals surface area contributed by atoms with Crippen LogP contribution in [0, 0.1) is 5.82 Å². The van der Waals surface area contributed by atoms with Crippen molar-refractivity contribution in [2.75, 3.05) is 13.2 Å². The molecular weight excluding hydrogens is 339 g/mol. The third kappa shape index (κ3) is 3.21. The van der Waals surface area contributed by atoms with E-state index in [-0.39, 0.29) is 23.4 Å². The van der Waals surface area contributed by atoms with Crippen LogP contribution in [0.25, 0.3) is 17.1 Å². The molecule has 1 saturated heterocycles. The Kier molecular flexibility index (Phi) is 4.44. The first-order valence-corrected chi connectivity index (χ1v) is 8.34. The molecule has 3 heterocycles. The normalized spacial score (nSPS) is 16.7. The molecule has 9 heteroatoms. The molecule has 3 aromatic rings. The molecule has 2 N–H and O–H groups in total. The maximum Gasteiger partial charge on any atom is 0.267 e. The van der Waals surface area contributed by atoms with Gasteiger partial charge in [-0.3, -0.25) is 4.79 Å². The Balaban J connectivity index is 1.53. The minimum absolute atomic E-state index is 0.0700. The fourth-order valence-corrected chi connectivity index (χ4v) is 2.91. The predicted molar refractivity (Wildman–Crippen MR) is 90.2 cm³/mol. The molecular formula is C17H17FN6O2. The lowest BCUT2D eigenvalue weighted by molar-refractivity contribution is 0.0854. The lowest BCUT2D eigenvalue weighted by Gasteiger charge is -2.09. The van der Waals surface area contributed by atoms with Crippen molar-refractivity contribution in [1.82, 2.24) is 30.5 Å². The highest BCUT2D eigenvalue weighted by molar-refractivity contribution is 5.93. The van der Waals surface area contributed by atoms with E-state index in [9.17, 15) is 9.18 Å². The van der Waals surface area contributed by atoms with Gasteiger partial charge in [0.1, 0.15) is 11.5 Å². The van der Waals surface area contributed by atoms with Crippen molar-refractivity contribution >= 4 is 5.91 Å². The minimum Gasteiger partial charge on any atom is -0.376 e. The van der Waals surface area contributed by atoms with Gasteiger partial charge in [0, 0.05) is 19.3 Å². The smallest absolute Gasteiger partial charge is 0.267 e. The van der Waals surface area contributed by atoms with E-state index in [1.165, 1.54) is 10.7 Å². The number of rotatable bonds is 5. The summed E-state index contributed by atoms with van der Waals surface area (Å²) >= 11 is 0. The molecule has 1 aliphatic rings. The number of hydrogen-bond donors (Lipinski definition) is 2. The third-order valence-electron chi connectivity index (χ3n) is 4.26. The first kappa shape index (κ1) is 16.4. The van der Waals surface area contributed by atoms with Gasteiger partial charge in [0.05, 0.1) is 17.4 Å². The summed E-state index contributed by atoms with van der Waals surface area (Å²) in [4.78, 5) is 15.2. The molecule has 1 amide bonds. The Morgan fingerprint density at radius 2 is 2.31 bits per heavy atom. The first-order valence-electron chi connectivity index (χ1n) is 8.34. The molecule has 1 unspecified atom stereocenters. The van der Waals surface area contributed by atoms with Crippen LogP contribution in [0.15, 0.2) is 36.5 Å². The zero-order chi connectivity index (χ0) is 17.9. The lowest BCUT2D eigenvalue weighted by Crippen LogP contribution is -2.31. The van der Waals surface area contributed by atoms with Crippen molar-refractivity contribution in [2.24, 2.45) is 0 Å². The van der Waals surface area contributed by atoms with E-state index in [4.69, 9.17) is 4.74 Å². The summed E-state index contributed by atoms with van der Waals surface area (Å²) in [6, 6.07) is 7.86. The quantitative estimate of drug-likeness (QED) is 0.725. The van der Waals surface area contributed by atoms with Gasteiger partial charge in [-0.1, -0.05) is 12.1 Å². The molecule has 0 bridgehead atoms. The monoisotopic (exact) mass is 356 g/mol. The number of amides is 1. The summed E-state index contributed by atoms with van der Waals surface area (Å²) < 4.78 is 20.9. The molecule has 134 valence electrons. The average Bonchev–Trinajstić information content (AvgIpc) is 3.40. The van der Waals surface area contributed by atoms with Crippen LogP contribution in [-0.4, -0.2) is 50.4 Å². The van der Waals surface area contributed by atoms with Gasteiger partial charge in [0.15, 0.2) is 5.82 Å². The molecule has 0 radical (unpaired) electrons. The molecule has 1 fully saturated rings. The lowest BCUT2D eigenvalue weighted by atomic mass is 10.2. The maximum absolute atomic E-state index is 14.0. The molecule has 1 aromatic carbocycles. The number of halogens is 1. The molecule has 0 spiro atoms. The number of H-pyrrole nitrogens is 1. The van der Waals surface area contributed by atoms with E-state index in [2.05, 4.69) is 25.8 Å². The van der Waals surface area contributed by atoms with E-state index in [1.807, 2.05) is 0 Å². The molecule has 4 rings (SSSR count). The van der Waals surface area contributed by atoms with Gasteiger partial charge in [0.2, 0.25) is 0 Å². The number of aromatic amines is 1. The number of nitrogens with one attached hydrogen (secondary N) is 2. The van der Waals surface area contributed by atoms with Crippen LogP contribution in [0.2, 0.25) is 0 Å². The summed E-state index contributed by atoms with van der Waals surface area (Å²) in [5, 5.41) is 14.3. The van der Waals surface area contributed by atoms with E-state index in [0.717, 1.165) is 19.4 Å². The molecule has 0 aliphatic carbocycles. The largest absolute Gasteiger partial charge is 0.376 e. The summed E-state index contributed by atoms with van der Waals surface area (Å²) in [7, 11) is 0. The van der Waals surface area contributed by atoms with E-state index in [1.54, 1.807) is 30.5 Å². The van der Waals surface area contributed by atoms with Gasteiger partial charge < -0.3 is 15.0 Å². The van der Waals surface area contributed by atoms with Crippen LogP contribution < -0.4 is 5.32 Å². The highest BCUT2D eigenvalue weighted by Crippen LogP contribution is 2.22. The predicted octanol–water partition coefficient (Wildman–Crippen LogP) is 1.71. The zero-order valence-electron chi connectivity index (χ0n) is 13.9. The van der Waals surface area contributed by atoms with E-state index in [0.29, 0.717) is 17.9 Å².